The van der Waals surface area contributed by atoms with Gasteiger partial charge in [-0.15, -0.1) is 0 Å². The molecule has 2 aromatic carbocycles. The van der Waals surface area contributed by atoms with E-state index in [0.29, 0.717) is 17.1 Å². The normalized spacial score (nSPS) is 12.0. The predicted molar refractivity (Wildman–Crippen MR) is 91.1 cm³/mol. The Hall–Kier alpha value is -1.62. The lowest BCUT2D eigenvalue weighted by Gasteiger charge is -2.16. The summed E-state index contributed by atoms with van der Waals surface area (Å²) in [5.74, 6) is -0.681. The lowest BCUT2D eigenvalue weighted by atomic mass is 10.1. The standard InChI is InChI=1S/C17H17Cl2FN2O/c1-11(13-7-16(20)15(19)8-14(13)18)21-10-17(23)22-9-12-5-3-2-4-6-12/h2-8,11,21H,9-10H2,1H3,(H,22,23)/t11-/m1/s1. The number of benzene rings is 2. The van der Waals surface area contributed by atoms with E-state index in [2.05, 4.69) is 10.6 Å². The van der Waals surface area contributed by atoms with E-state index in [4.69, 9.17) is 23.2 Å². The number of hydrogen-bond donors (Lipinski definition) is 2. The molecule has 0 radical (unpaired) electrons. The second-order valence-corrected chi connectivity index (χ2v) is 5.97. The highest BCUT2D eigenvalue weighted by Gasteiger charge is 2.14. The molecule has 122 valence electrons. The van der Waals surface area contributed by atoms with Crippen LogP contribution in [-0.2, 0) is 11.3 Å². The van der Waals surface area contributed by atoms with Gasteiger partial charge in [0.15, 0.2) is 0 Å². The van der Waals surface area contributed by atoms with Gasteiger partial charge in [-0.1, -0.05) is 53.5 Å². The summed E-state index contributed by atoms with van der Waals surface area (Å²) in [5.41, 5.74) is 1.58. The van der Waals surface area contributed by atoms with Crippen molar-refractivity contribution in [3.63, 3.8) is 0 Å². The largest absolute Gasteiger partial charge is 0.351 e. The Bertz CT molecular complexity index is 680. The summed E-state index contributed by atoms with van der Waals surface area (Å²) in [5, 5.41) is 6.17. The van der Waals surface area contributed by atoms with Crippen LogP contribution in [0.5, 0.6) is 0 Å². The molecular weight excluding hydrogens is 338 g/mol. The molecular formula is C17H17Cl2FN2O. The monoisotopic (exact) mass is 354 g/mol. The third-order valence-electron chi connectivity index (χ3n) is 3.41. The summed E-state index contributed by atoms with van der Waals surface area (Å²) in [6.45, 7) is 2.37. The van der Waals surface area contributed by atoms with Crippen molar-refractivity contribution >= 4 is 29.1 Å². The summed E-state index contributed by atoms with van der Waals surface area (Å²) in [6, 6.07) is 12.0. The Kier molecular flexibility index (Phi) is 6.39. The van der Waals surface area contributed by atoms with Crippen LogP contribution in [0, 0.1) is 5.82 Å². The molecule has 2 aromatic rings. The molecule has 2 N–H and O–H groups in total. The number of rotatable bonds is 6. The van der Waals surface area contributed by atoms with Crippen molar-refractivity contribution in [3.05, 3.63) is 69.5 Å². The molecule has 0 spiro atoms. The van der Waals surface area contributed by atoms with Gasteiger partial charge in [0.1, 0.15) is 5.82 Å². The molecule has 0 bridgehead atoms. The molecule has 0 aliphatic heterocycles. The molecule has 1 amide bonds. The lowest BCUT2D eigenvalue weighted by molar-refractivity contribution is -0.120. The van der Waals surface area contributed by atoms with Crippen LogP contribution in [0.25, 0.3) is 0 Å². The minimum absolute atomic E-state index is 0.0217. The molecule has 0 saturated carbocycles. The van der Waals surface area contributed by atoms with E-state index < -0.39 is 5.82 Å². The molecule has 0 saturated heterocycles. The van der Waals surface area contributed by atoms with E-state index in [-0.39, 0.29) is 23.5 Å². The van der Waals surface area contributed by atoms with E-state index in [1.807, 2.05) is 30.3 Å². The highest BCUT2D eigenvalue weighted by molar-refractivity contribution is 6.35. The fraction of sp³-hybridized carbons (Fsp3) is 0.235. The van der Waals surface area contributed by atoms with Crippen molar-refractivity contribution in [1.82, 2.24) is 10.6 Å². The molecule has 6 heteroatoms. The quantitative estimate of drug-likeness (QED) is 0.766. The van der Waals surface area contributed by atoms with Crippen LogP contribution >= 0.6 is 23.2 Å². The van der Waals surface area contributed by atoms with E-state index in [9.17, 15) is 9.18 Å². The molecule has 0 aliphatic rings. The fourth-order valence-electron chi connectivity index (χ4n) is 2.08. The average Bonchev–Trinajstić information content (AvgIpc) is 2.55. The molecule has 0 aromatic heterocycles. The number of amides is 1. The van der Waals surface area contributed by atoms with E-state index in [1.165, 1.54) is 12.1 Å². The van der Waals surface area contributed by atoms with Gasteiger partial charge in [0.25, 0.3) is 0 Å². The Balaban J connectivity index is 1.85. The van der Waals surface area contributed by atoms with Gasteiger partial charge in [0.05, 0.1) is 11.6 Å². The van der Waals surface area contributed by atoms with Crippen molar-refractivity contribution in [3.8, 4) is 0 Å². The third-order valence-corrected chi connectivity index (χ3v) is 4.02. The fourth-order valence-corrected chi connectivity index (χ4v) is 2.63. The smallest absolute Gasteiger partial charge is 0.234 e. The lowest BCUT2D eigenvalue weighted by Crippen LogP contribution is -2.34. The highest BCUT2D eigenvalue weighted by Crippen LogP contribution is 2.28. The van der Waals surface area contributed by atoms with Gasteiger partial charge < -0.3 is 10.6 Å². The first-order valence-electron chi connectivity index (χ1n) is 7.16. The number of hydrogen-bond acceptors (Lipinski definition) is 2. The molecule has 2 rings (SSSR count). The Morgan fingerprint density at radius 2 is 1.87 bits per heavy atom. The van der Waals surface area contributed by atoms with Crippen molar-refractivity contribution in [1.29, 1.82) is 0 Å². The van der Waals surface area contributed by atoms with Gasteiger partial charge in [-0.25, -0.2) is 4.39 Å². The van der Waals surface area contributed by atoms with Gasteiger partial charge in [0.2, 0.25) is 5.91 Å². The van der Waals surface area contributed by atoms with Crippen molar-refractivity contribution in [2.75, 3.05) is 6.54 Å². The molecule has 0 heterocycles. The number of halogens is 3. The highest BCUT2D eigenvalue weighted by atomic mass is 35.5. The van der Waals surface area contributed by atoms with Crippen molar-refractivity contribution in [2.24, 2.45) is 0 Å². The first-order valence-corrected chi connectivity index (χ1v) is 7.91. The first kappa shape index (κ1) is 17.7. The molecule has 0 fully saturated rings. The van der Waals surface area contributed by atoms with Gasteiger partial charge in [-0.2, -0.15) is 0 Å². The van der Waals surface area contributed by atoms with Crippen molar-refractivity contribution < 1.29 is 9.18 Å². The Morgan fingerprint density at radius 3 is 2.57 bits per heavy atom. The predicted octanol–water partition coefficient (Wildman–Crippen LogP) is 4.10. The van der Waals surface area contributed by atoms with Crippen LogP contribution < -0.4 is 10.6 Å². The topological polar surface area (TPSA) is 41.1 Å². The van der Waals surface area contributed by atoms with E-state index >= 15 is 0 Å². The zero-order valence-corrected chi connectivity index (χ0v) is 14.1. The zero-order valence-electron chi connectivity index (χ0n) is 12.6. The van der Waals surface area contributed by atoms with Gasteiger partial charge in [-0.05, 0) is 30.2 Å². The zero-order chi connectivity index (χ0) is 16.8. The van der Waals surface area contributed by atoms with Gasteiger partial charge >= 0.3 is 0 Å². The Labute approximate surface area is 144 Å². The third kappa shape index (κ3) is 5.20. The van der Waals surface area contributed by atoms with Crippen LogP contribution in [0.2, 0.25) is 10.0 Å². The first-order chi connectivity index (χ1) is 11.0. The van der Waals surface area contributed by atoms with Crippen LogP contribution in [-0.4, -0.2) is 12.5 Å². The van der Waals surface area contributed by atoms with Crippen LogP contribution in [0.1, 0.15) is 24.1 Å². The summed E-state index contributed by atoms with van der Waals surface area (Å²) in [7, 11) is 0. The SMILES string of the molecule is C[C@@H](NCC(=O)NCc1ccccc1)c1cc(F)c(Cl)cc1Cl. The van der Waals surface area contributed by atoms with Gasteiger partial charge in [0, 0.05) is 17.6 Å². The summed E-state index contributed by atoms with van der Waals surface area (Å²) < 4.78 is 13.5. The summed E-state index contributed by atoms with van der Waals surface area (Å²) in [6.07, 6.45) is 0. The number of nitrogens with one attached hydrogen (secondary N) is 2. The minimum Gasteiger partial charge on any atom is -0.351 e. The Morgan fingerprint density at radius 1 is 1.17 bits per heavy atom. The second kappa shape index (κ2) is 8.29. The van der Waals surface area contributed by atoms with Crippen molar-refractivity contribution in [2.45, 2.75) is 19.5 Å². The minimum atomic E-state index is -0.534. The number of carbonyl (C=O) groups excluding carboxylic acids is 1. The van der Waals surface area contributed by atoms with Crippen LogP contribution in [0.4, 0.5) is 4.39 Å². The van der Waals surface area contributed by atoms with Gasteiger partial charge in [-0.3, -0.25) is 4.79 Å². The maximum atomic E-state index is 13.5. The molecule has 0 unspecified atom stereocenters. The molecule has 3 nitrogen and oxygen atoms in total. The van der Waals surface area contributed by atoms with E-state index in [0.717, 1.165) is 5.56 Å². The maximum Gasteiger partial charge on any atom is 0.234 e. The maximum absolute atomic E-state index is 13.5. The molecule has 0 aliphatic carbocycles. The summed E-state index contributed by atoms with van der Waals surface area (Å²) >= 11 is 11.7. The van der Waals surface area contributed by atoms with E-state index in [1.54, 1.807) is 6.92 Å². The average molecular weight is 355 g/mol. The second-order valence-electron chi connectivity index (χ2n) is 5.15. The number of carbonyl (C=O) groups is 1. The summed E-state index contributed by atoms with van der Waals surface area (Å²) in [4.78, 5) is 11.9. The molecule has 1 atom stereocenters. The molecule has 23 heavy (non-hydrogen) atoms. The van der Waals surface area contributed by atoms with Crippen LogP contribution in [0.15, 0.2) is 42.5 Å². The van der Waals surface area contributed by atoms with Crippen LogP contribution in [0.3, 0.4) is 0 Å².